The summed E-state index contributed by atoms with van der Waals surface area (Å²) in [5.41, 5.74) is 0.883. The Hall–Kier alpha value is -2.34. The summed E-state index contributed by atoms with van der Waals surface area (Å²) < 4.78 is 18.3. The summed E-state index contributed by atoms with van der Waals surface area (Å²) in [6.07, 6.45) is 3.99. The number of carbonyl (C=O) groups is 2. The van der Waals surface area contributed by atoms with Crippen LogP contribution in [0.5, 0.6) is 0 Å². The van der Waals surface area contributed by atoms with Gasteiger partial charge in [-0.1, -0.05) is 11.6 Å². The number of furan rings is 1. The largest absolute Gasteiger partial charge is 0.472 e. The molecule has 0 aliphatic carbocycles. The molecular weight excluding hydrogens is 335 g/mol. The second-order valence-electron chi connectivity index (χ2n) is 5.70. The van der Waals surface area contributed by atoms with E-state index < -0.39 is 5.82 Å². The normalized spacial score (nSPS) is 15.3. The Morgan fingerprint density at radius 1 is 1.25 bits per heavy atom. The third kappa shape index (κ3) is 3.59. The van der Waals surface area contributed by atoms with E-state index in [1.165, 1.54) is 24.7 Å². The Balaban J connectivity index is 1.55. The van der Waals surface area contributed by atoms with Crippen LogP contribution in [-0.4, -0.2) is 29.8 Å². The number of likely N-dealkylation sites (tertiary alicyclic amines) is 1. The van der Waals surface area contributed by atoms with Crippen LogP contribution in [0.3, 0.4) is 0 Å². The Labute approximate surface area is 143 Å². The van der Waals surface area contributed by atoms with Gasteiger partial charge >= 0.3 is 0 Å². The number of amides is 2. The molecule has 5 nitrogen and oxygen atoms in total. The highest BCUT2D eigenvalue weighted by molar-refractivity contribution is 6.30. The molecule has 7 heteroatoms. The molecular formula is C17H16ClFN2O3. The molecule has 126 valence electrons. The van der Waals surface area contributed by atoms with Gasteiger partial charge in [-0.15, -0.1) is 0 Å². The highest BCUT2D eigenvalue weighted by Crippen LogP contribution is 2.23. The first-order valence-corrected chi connectivity index (χ1v) is 8.00. The number of benzene rings is 1. The van der Waals surface area contributed by atoms with Crippen LogP contribution in [0.25, 0.3) is 0 Å². The van der Waals surface area contributed by atoms with E-state index in [1.807, 2.05) is 0 Å². The molecule has 24 heavy (non-hydrogen) atoms. The molecule has 0 saturated carbocycles. The van der Waals surface area contributed by atoms with E-state index in [0.717, 1.165) is 0 Å². The minimum absolute atomic E-state index is 0.0130. The molecule has 1 aromatic heterocycles. The summed E-state index contributed by atoms with van der Waals surface area (Å²) in [4.78, 5) is 26.2. The summed E-state index contributed by atoms with van der Waals surface area (Å²) in [5.74, 6) is -1.05. The van der Waals surface area contributed by atoms with E-state index in [9.17, 15) is 14.0 Å². The molecule has 0 bridgehead atoms. The number of halogens is 2. The van der Waals surface area contributed by atoms with Crippen LogP contribution >= 0.6 is 11.6 Å². The predicted octanol–water partition coefficient (Wildman–Crippen LogP) is 3.56. The van der Waals surface area contributed by atoms with Crippen molar-refractivity contribution < 1.29 is 18.4 Å². The Morgan fingerprint density at radius 2 is 2.00 bits per heavy atom. The summed E-state index contributed by atoms with van der Waals surface area (Å²) in [6.45, 7) is 0.994. The zero-order valence-corrected chi connectivity index (χ0v) is 13.6. The van der Waals surface area contributed by atoms with Crippen LogP contribution in [0.15, 0.2) is 41.2 Å². The van der Waals surface area contributed by atoms with Crippen molar-refractivity contribution in [2.24, 2.45) is 5.92 Å². The molecule has 0 unspecified atom stereocenters. The Bertz CT molecular complexity index is 740. The molecule has 2 heterocycles. The predicted molar refractivity (Wildman–Crippen MR) is 87.4 cm³/mol. The molecule has 1 aromatic carbocycles. The van der Waals surface area contributed by atoms with Gasteiger partial charge in [0.15, 0.2) is 0 Å². The van der Waals surface area contributed by atoms with E-state index in [-0.39, 0.29) is 22.8 Å². The quantitative estimate of drug-likeness (QED) is 0.920. The molecule has 0 radical (unpaired) electrons. The van der Waals surface area contributed by atoms with Crippen molar-refractivity contribution in [3.8, 4) is 0 Å². The molecule has 3 rings (SSSR count). The van der Waals surface area contributed by atoms with E-state index in [2.05, 4.69) is 5.32 Å². The van der Waals surface area contributed by atoms with Gasteiger partial charge in [-0.2, -0.15) is 0 Å². The van der Waals surface area contributed by atoms with Gasteiger partial charge in [0, 0.05) is 24.7 Å². The lowest BCUT2D eigenvalue weighted by Crippen LogP contribution is -2.41. The molecule has 1 fully saturated rings. The SMILES string of the molecule is O=C(Nc1ccc(Cl)c(F)c1)C1CCN(C(=O)c2ccoc2)CC1. The second kappa shape index (κ2) is 7.05. The fraction of sp³-hybridized carbons (Fsp3) is 0.294. The highest BCUT2D eigenvalue weighted by Gasteiger charge is 2.28. The van der Waals surface area contributed by atoms with Crippen LogP contribution in [0.4, 0.5) is 10.1 Å². The molecule has 0 atom stereocenters. The fourth-order valence-electron chi connectivity index (χ4n) is 2.73. The smallest absolute Gasteiger partial charge is 0.257 e. The fourth-order valence-corrected chi connectivity index (χ4v) is 2.85. The molecule has 1 aliphatic heterocycles. The van der Waals surface area contributed by atoms with Crippen LogP contribution < -0.4 is 5.32 Å². The number of anilines is 1. The first-order chi connectivity index (χ1) is 11.5. The maximum Gasteiger partial charge on any atom is 0.257 e. The highest BCUT2D eigenvalue weighted by atomic mass is 35.5. The minimum atomic E-state index is -0.574. The lowest BCUT2D eigenvalue weighted by atomic mass is 9.95. The number of nitrogens with one attached hydrogen (secondary N) is 1. The maximum absolute atomic E-state index is 13.4. The van der Waals surface area contributed by atoms with Crippen molar-refractivity contribution in [1.82, 2.24) is 4.90 Å². The molecule has 2 amide bonds. The van der Waals surface area contributed by atoms with Gasteiger partial charge < -0.3 is 14.6 Å². The molecule has 0 spiro atoms. The van der Waals surface area contributed by atoms with Gasteiger partial charge in [-0.05, 0) is 37.1 Å². The standard InChI is InChI=1S/C17H16ClFN2O3/c18-14-2-1-13(9-15(14)19)20-16(22)11-3-6-21(7-4-11)17(23)12-5-8-24-10-12/h1-2,5,8-11H,3-4,6-7H2,(H,20,22). The average Bonchev–Trinajstić information content (AvgIpc) is 3.12. The van der Waals surface area contributed by atoms with Gasteiger partial charge in [0.2, 0.25) is 5.91 Å². The zero-order chi connectivity index (χ0) is 17.1. The Kier molecular flexibility index (Phi) is 4.85. The number of hydrogen-bond donors (Lipinski definition) is 1. The monoisotopic (exact) mass is 350 g/mol. The lowest BCUT2D eigenvalue weighted by molar-refractivity contribution is -0.121. The first-order valence-electron chi connectivity index (χ1n) is 7.62. The van der Waals surface area contributed by atoms with Crippen molar-refractivity contribution in [3.05, 3.63) is 53.2 Å². The van der Waals surface area contributed by atoms with Gasteiger partial charge in [-0.25, -0.2) is 4.39 Å². The van der Waals surface area contributed by atoms with Crippen LogP contribution in [0.2, 0.25) is 5.02 Å². The van der Waals surface area contributed by atoms with Gasteiger partial charge in [0.1, 0.15) is 12.1 Å². The van der Waals surface area contributed by atoms with Crippen LogP contribution in [-0.2, 0) is 4.79 Å². The van der Waals surface area contributed by atoms with Gasteiger partial charge in [0.25, 0.3) is 5.91 Å². The van der Waals surface area contributed by atoms with E-state index in [4.69, 9.17) is 16.0 Å². The summed E-state index contributed by atoms with van der Waals surface area (Å²) in [5, 5.41) is 2.71. The molecule has 1 N–H and O–H groups in total. The maximum atomic E-state index is 13.4. The van der Waals surface area contributed by atoms with Crippen molar-refractivity contribution in [2.45, 2.75) is 12.8 Å². The summed E-state index contributed by atoms with van der Waals surface area (Å²) >= 11 is 5.62. The van der Waals surface area contributed by atoms with Crippen molar-refractivity contribution in [3.63, 3.8) is 0 Å². The number of carbonyl (C=O) groups excluding carboxylic acids is 2. The summed E-state index contributed by atoms with van der Waals surface area (Å²) in [6, 6.07) is 5.77. The number of nitrogens with zero attached hydrogens (tertiary/aromatic N) is 1. The number of rotatable bonds is 3. The lowest BCUT2D eigenvalue weighted by Gasteiger charge is -2.31. The minimum Gasteiger partial charge on any atom is -0.472 e. The van der Waals surface area contributed by atoms with Crippen LogP contribution in [0.1, 0.15) is 23.2 Å². The first kappa shape index (κ1) is 16.5. The zero-order valence-electron chi connectivity index (χ0n) is 12.8. The third-order valence-electron chi connectivity index (χ3n) is 4.11. The second-order valence-corrected chi connectivity index (χ2v) is 6.10. The van der Waals surface area contributed by atoms with E-state index in [0.29, 0.717) is 37.2 Å². The third-order valence-corrected chi connectivity index (χ3v) is 4.41. The topological polar surface area (TPSA) is 62.6 Å². The van der Waals surface area contributed by atoms with Crippen molar-refractivity contribution in [2.75, 3.05) is 18.4 Å². The molecule has 1 saturated heterocycles. The summed E-state index contributed by atoms with van der Waals surface area (Å²) in [7, 11) is 0. The Morgan fingerprint density at radius 3 is 2.62 bits per heavy atom. The number of hydrogen-bond acceptors (Lipinski definition) is 3. The van der Waals surface area contributed by atoms with Crippen LogP contribution in [0, 0.1) is 11.7 Å². The number of piperidine rings is 1. The van der Waals surface area contributed by atoms with Gasteiger partial charge in [0.05, 0.1) is 16.8 Å². The molecule has 1 aliphatic rings. The van der Waals surface area contributed by atoms with Crippen molar-refractivity contribution in [1.29, 1.82) is 0 Å². The van der Waals surface area contributed by atoms with E-state index >= 15 is 0 Å². The molecule has 2 aromatic rings. The van der Waals surface area contributed by atoms with Crippen molar-refractivity contribution >= 4 is 29.1 Å². The van der Waals surface area contributed by atoms with E-state index in [1.54, 1.807) is 17.0 Å². The average molecular weight is 351 g/mol. The van der Waals surface area contributed by atoms with Gasteiger partial charge in [-0.3, -0.25) is 9.59 Å².